The van der Waals surface area contributed by atoms with Gasteiger partial charge in [0.15, 0.2) is 5.78 Å². The average molecular weight is 441 g/mol. The molecule has 0 saturated heterocycles. The van der Waals surface area contributed by atoms with Crippen LogP contribution in [0.1, 0.15) is 69.8 Å². The monoisotopic (exact) mass is 440 g/mol. The number of ether oxygens (including phenoxy) is 1. The first kappa shape index (κ1) is 23.8. The lowest BCUT2D eigenvalue weighted by atomic mass is 9.67. The van der Waals surface area contributed by atoms with Gasteiger partial charge in [0.25, 0.3) is 0 Å². The van der Waals surface area contributed by atoms with Crippen LogP contribution in [-0.2, 0) is 10.8 Å². The third-order valence-electron chi connectivity index (χ3n) is 8.06. The molecular weight excluding hydrogens is 400 g/mol. The van der Waals surface area contributed by atoms with Crippen molar-refractivity contribution in [2.75, 3.05) is 7.11 Å². The van der Waals surface area contributed by atoms with E-state index in [1.54, 1.807) is 7.11 Å². The van der Waals surface area contributed by atoms with Crippen molar-refractivity contribution in [1.29, 1.82) is 0 Å². The van der Waals surface area contributed by atoms with Crippen LogP contribution < -0.4 is 4.74 Å². The van der Waals surface area contributed by atoms with Crippen molar-refractivity contribution in [3.8, 4) is 5.75 Å². The number of aryl methyl sites for hydroxylation is 1. The van der Waals surface area contributed by atoms with E-state index >= 15 is 0 Å². The molecule has 0 saturated carbocycles. The Kier molecular flexibility index (Phi) is 7.51. The number of hydrogen-bond acceptors (Lipinski definition) is 3. The standard InChI is InChI=1S/C27H40O3Si/c1-8-31(9-2,10-3)30-26-17-21(18(4)5)16-25(19(26)6)24-13-11-20-15-22(29-7)12-14-23(20)27(24)28/h12,14-15,21,24-25H,4,8-11,13,16-17H2,1-3,5-7H3/t21-,24-,25-/m1/s1. The summed E-state index contributed by atoms with van der Waals surface area (Å²) in [6.07, 6.45) is 3.78. The number of carbonyl (C=O) groups excluding carboxylic acids is 1. The zero-order valence-electron chi connectivity index (χ0n) is 20.3. The minimum atomic E-state index is -1.76. The lowest BCUT2D eigenvalue weighted by Crippen LogP contribution is -2.39. The second-order valence-electron chi connectivity index (χ2n) is 9.57. The van der Waals surface area contributed by atoms with E-state index in [-0.39, 0.29) is 11.8 Å². The first-order valence-electron chi connectivity index (χ1n) is 12.0. The second-order valence-corrected chi connectivity index (χ2v) is 14.3. The van der Waals surface area contributed by atoms with Crippen LogP contribution in [0.2, 0.25) is 18.1 Å². The van der Waals surface area contributed by atoms with E-state index in [2.05, 4.69) is 41.2 Å². The number of fused-ring (bicyclic) bond motifs is 1. The van der Waals surface area contributed by atoms with E-state index in [4.69, 9.17) is 9.16 Å². The van der Waals surface area contributed by atoms with Crippen molar-refractivity contribution < 1.29 is 14.0 Å². The van der Waals surface area contributed by atoms with E-state index in [1.165, 1.54) is 16.9 Å². The molecule has 4 heteroatoms. The van der Waals surface area contributed by atoms with E-state index in [0.29, 0.717) is 11.7 Å². The molecule has 0 aromatic heterocycles. The maximum atomic E-state index is 13.6. The number of Topliss-reactive ketones (excluding diaryl/α,β-unsaturated/α-hetero) is 1. The predicted molar refractivity (Wildman–Crippen MR) is 131 cm³/mol. The Balaban J connectivity index is 1.96. The molecule has 0 N–H and O–H groups in total. The molecule has 0 heterocycles. The van der Waals surface area contributed by atoms with Gasteiger partial charge in [0.05, 0.1) is 12.9 Å². The third kappa shape index (κ3) is 4.69. The number of ketones is 1. The number of rotatable bonds is 8. The Morgan fingerprint density at radius 2 is 1.84 bits per heavy atom. The molecule has 31 heavy (non-hydrogen) atoms. The molecule has 3 nitrogen and oxygen atoms in total. The molecular formula is C27H40O3Si. The topological polar surface area (TPSA) is 35.5 Å². The molecule has 0 spiro atoms. The van der Waals surface area contributed by atoms with Crippen LogP contribution in [0.5, 0.6) is 5.75 Å². The summed E-state index contributed by atoms with van der Waals surface area (Å²) in [5.41, 5.74) is 4.54. The molecule has 2 aliphatic rings. The van der Waals surface area contributed by atoms with Gasteiger partial charge >= 0.3 is 0 Å². The van der Waals surface area contributed by atoms with E-state index in [0.717, 1.165) is 60.7 Å². The number of methoxy groups -OCH3 is 1. The van der Waals surface area contributed by atoms with Crippen LogP contribution in [0.4, 0.5) is 0 Å². The SMILES string of the molecule is C=C(C)[C@H]1CC(O[Si](CC)(CC)CC)=C(C)[C@H]([C@H]2CCc3cc(OC)ccc3C2=O)C1. The van der Waals surface area contributed by atoms with Gasteiger partial charge in [-0.05, 0) is 92.4 Å². The predicted octanol–water partition coefficient (Wildman–Crippen LogP) is 7.34. The normalized spacial score (nSPS) is 24.1. The molecule has 1 aromatic rings. The fourth-order valence-electron chi connectivity index (χ4n) is 5.52. The quantitative estimate of drug-likeness (QED) is 0.313. The number of hydrogen-bond donors (Lipinski definition) is 0. The van der Waals surface area contributed by atoms with Gasteiger partial charge in [0.2, 0.25) is 8.32 Å². The fourth-order valence-corrected chi connectivity index (χ4v) is 8.22. The van der Waals surface area contributed by atoms with Crippen LogP contribution in [0, 0.1) is 17.8 Å². The van der Waals surface area contributed by atoms with Gasteiger partial charge in [-0.25, -0.2) is 0 Å². The molecule has 0 amide bonds. The summed E-state index contributed by atoms with van der Waals surface area (Å²) in [7, 11) is -0.0842. The van der Waals surface area contributed by atoms with Crippen molar-refractivity contribution in [2.45, 2.75) is 78.4 Å². The minimum absolute atomic E-state index is 0.0302. The highest BCUT2D eigenvalue weighted by atomic mass is 28.4. The lowest BCUT2D eigenvalue weighted by molar-refractivity contribution is 0.0842. The molecule has 0 aliphatic heterocycles. The summed E-state index contributed by atoms with van der Waals surface area (Å²) in [5, 5.41) is 0. The highest BCUT2D eigenvalue weighted by molar-refractivity contribution is 6.73. The van der Waals surface area contributed by atoms with Crippen LogP contribution in [0.15, 0.2) is 41.7 Å². The Bertz CT molecular complexity index is 857. The van der Waals surface area contributed by atoms with Crippen molar-refractivity contribution in [1.82, 2.24) is 0 Å². The lowest BCUT2D eigenvalue weighted by Gasteiger charge is -2.41. The van der Waals surface area contributed by atoms with Gasteiger partial charge < -0.3 is 9.16 Å². The summed E-state index contributed by atoms with van der Waals surface area (Å²) >= 11 is 0. The van der Waals surface area contributed by atoms with Crippen molar-refractivity contribution in [3.05, 3.63) is 52.8 Å². The second kappa shape index (κ2) is 9.77. The van der Waals surface area contributed by atoms with Crippen molar-refractivity contribution in [3.63, 3.8) is 0 Å². The maximum Gasteiger partial charge on any atom is 0.250 e. The highest BCUT2D eigenvalue weighted by Crippen LogP contribution is 2.46. The molecule has 0 fully saturated rings. The molecule has 3 atom stereocenters. The average Bonchev–Trinajstić information content (AvgIpc) is 2.78. The minimum Gasteiger partial charge on any atom is -0.547 e. The van der Waals surface area contributed by atoms with Gasteiger partial charge in [-0.1, -0.05) is 32.9 Å². The van der Waals surface area contributed by atoms with Crippen LogP contribution >= 0.6 is 0 Å². The summed E-state index contributed by atoms with van der Waals surface area (Å²) in [4.78, 5) is 13.6. The van der Waals surface area contributed by atoms with Crippen LogP contribution in [0.25, 0.3) is 0 Å². The largest absolute Gasteiger partial charge is 0.547 e. The zero-order valence-corrected chi connectivity index (χ0v) is 21.3. The summed E-state index contributed by atoms with van der Waals surface area (Å²) in [6.45, 7) is 15.5. The van der Waals surface area contributed by atoms with Gasteiger partial charge in [-0.3, -0.25) is 4.79 Å². The van der Waals surface area contributed by atoms with Gasteiger partial charge in [0, 0.05) is 17.9 Å². The van der Waals surface area contributed by atoms with Gasteiger partial charge in [-0.2, -0.15) is 0 Å². The van der Waals surface area contributed by atoms with E-state index < -0.39 is 8.32 Å². The molecule has 3 rings (SSSR count). The van der Waals surface area contributed by atoms with Gasteiger partial charge in [-0.15, -0.1) is 0 Å². The van der Waals surface area contributed by atoms with Crippen LogP contribution in [-0.4, -0.2) is 21.2 Å². The molecule has 1 aromatic carbocycles. The number of allylic oxidation sites excluding steroid dienone is 3. The zero-order chi connectivity index (χ0) is 22.8. The summed E-state index contributed by atoms with van der Waals surface area (Å²) in [6, 6.07) is 9.31. The maximum absolute atomic E-state index is 13.6. The van der Waals surface area contributed by atoms with Crippen molar-refractivity contribution in [2.24, 2.45) is 17.8 Å². The Hall–Kier alpha value is -1.81. The smallest absolute Gasteiger partial charge is 0.250 e. The Morgan fingerprint density at radius 3 is 2.42 bits per heavy atom. The molecule has 0 bridgehead atoms. The van der Waals surface area contributed by atoms with E-state index in [9.17, 15) is 4.79 Å². The molecule has 0 radical (unpaired) electrons. The number of benzene rings is 1. The molecule has 170 valence electrons. The van der Waals surface area contributed by atoms with Crippen molar-refractivity contribution >= 4 is 14.1 Å². The number of carbonyl (C=O) groups is 1. The first-order chi connectivity index (χ1) is 14.8. The third-order valence-corrected chi connectivity index (χ3v) is 12.6. The highest BCUT2D eigenvalue weighted by Gasteiger charge is 2.41. The first-order valence-corrected chi connectivity index (χ1v) is 14.6. The van der Waals surface area contributed by atoms with Gasteiger partial charge in [0.1, 0.15) is 5.75 Å². The molecule has 0 unspecified atom stereocenters. The molecule has 2 aliphatic carbocycles. The van der Waals surface area contributed by atoms with E-state index in [1.807, 2.05) is 18.2 Å². The Morgan fingerprint density at radius 1 is 1.16 bits per heavy atom. The van der Waals surface area contributed by atoms with Crippen LogP contribution in [0.3, 0.4) is 0 Å². The fraction of sp³-hybridized carbons (Fsp3) is 0.593. The Labute approximate surface area is 190 Å². The summed E-state index contributed by atoms with van der Waals surface area (Å²) in [5.74, 6) is 2.96. The summed E-state index contributed by atoms with van der Waals surface area (Å²) < 4.78 is 12.3.